The highest BCUT2D eigenvalue weighted by Crippen LogP contribution is 2.18. The predicted molar refractivity (Wildman–Crippen MR) is 59.4 cm³/mol. The van der Waals surface area contributed by atoms with Gasteiger partial charge in [-0.05, 0) is 6.07 Å². The van der Waals surface area contributed by atoms with E-state index in [0.717, 1.165) is 0 Å². The summed E-state index contributed by atoms with van der Waals surface area (Å²) in [7, 11) is 0. The zero-order valence-corrected chi connectivity index (χ0v) is 9.03. The van der Waals surface area contributed by atoms with Gasteiger partial charge in [-0.2, -0.15) is 5.26 Å². The number of nitro groups is 1. The van der Waals surface area contributed by atoms with Crippen molar-refractivity contribution >= 4 is 11.5 Å². The molecule has 2 heterocycles. The molecule has 2 rings (SSSR count). The first-order valence-electron chi connectivity index (χ1n) is 4.89. The van der Waals surface area contributed by atoms with Gasteiger partial charge in [0, 0.05) is 12.1 Å². The molecule has 0 aromatic carbocycles. The molecule has 0 radical (unpaired) electrons. The van der Waals surface area contributed by atoms with Crippen LogP contribution in [0.15, 0.2) is 29.0 Å². The molecule has 8 nitrogen and oxygen atoms in total. The Hall–Kier alpha value is -2.95. The highest BCUT2D eigenvalue weighted by Gasteiger charge is 2.15. The highest BCUT2D eigenvalue weighted by molar-refractivity contribution is 5.50. The fourth-order valence-corrected chi connectivity index (χ4v) is 1.29. The Morgan fingerprint density at radius 1 is 1.50 bits per heavy atom. The lowest BCUT2D eigenvalue weighted by atomic mass is 10.3. The van der Waals surface area contributed by atoms with E-state index in [1.165, 1.54) is 18.4 Å². The molecule has 0 aliphatic carbocycles. The van der Waals surface area contributed by atoms with Crippen molar-refractivity contribution in [1.82, 2.24) is 10.1 Å². The van der Waals surface area contributed by atoms with Crippen LogP contribution in [0, 0.1) is 21.4 Å². The van der Waals surface area contributed by atoms with Gasteiger partial charge in [0.25, 0.3) is 0 Å². The molecule has 0 aliphatic rings. The molecule has 8 heteroatoms. The fourth-order valence-electron chi connectivity index (χ4n) is 1.29. The van der Waals surface area contributed by atoms with E-state index in [1.807, 2.05) is 0 Å². The number of nitrogens with one attached hydrogen (secondary N) is 1. The summed E-state index contributed by atoms with van der Waals surface area (Å²) in [6.45, 7) is 0.353. The second kappa shape index (κ2) is 4.92. The summed E-state index contributed by atoms with van der Waals surface area (Å²) in [5.74, 6) is 0.361. The van der Waals surface area contributed by atoms with Crippen LogP contribution in [0.4, 0.5) is 11.5 Å². The van der Waals surface area contributed by atoms with Crippen molar-refractivity contribution in [3.05, 3.63) is 46.0 Å². The number of nitriles is 1. The largest absolute Gasteiger partial charge is 0.364 e. The maximum Gasteiger partial charge on any atom is 0.305 e. The van der Waals surface area contributed by atoms with Gasteiger partial charge in [0.15, 0.2) is 0 Å². The van der Waals surface area contributed by atoms with Gasteiger partial charge in [-0.3, -0.25) is 10.1 Å². The number of pyridine rings is 1. The predicted octanol–water partition coefficient (Wildman–Crippen LogP) is 1.46. The van der Waals surface area contributed by atoms with Crippen LogP contribution in [0.5, 0.6) is 0 Å². The van der Waals surface area contributed by atoms with Crippen molar-refractivity contribution in [2.45, 2.75) is 6.54 Å². The van der Waals surface area contributed by atoms with Gasteiger partial charge in [-0.15, -0.1) is 0 Å². The molecule has 2 aromatic rings. The van der Waals surface area contributed by atoms with E-state index in [1.54, 1.807) is 12.1 Å². The Balaban J connectivity index is 2.15. The van der Waals surface area contributed by atoms with Crippen molar-refractivity contribution in [2.75, 3.05) is 5.32 Å². The van der Waals surface area contributed by atoms with Crippen molar-refractivity contribution in [1.29, 1.82) is 5.26 Å². The Morgan fingerprint density at radius 2 is 2.33 bits per heavy atom. The van der Waals surface area contributed by atoms with E-state index in [0.29, 0.717) is 18.1 Å². The second-order valence-electron chi connectivity index (χ2n) is 3.28. The van der Waals surface area contributed by atoms with Crippen LogP contribution in [-0.2, 0) is 6.54 Å². The first-order valence-corrected chi connectivity index (χ1v) is 4.89. The molecule has 0 fully saturated rings. The molecule has 0 saturated carbocycles. The van der Waals surface area contributed by atoms with E-state index < -0.39 is 4.92 Å². The van der Waals surface area contributed by atoms with Gasteiger partial charge in [0.2, 0.25) is 5.69 Å². The number of hydrogen-bond donors (Lipinski definition) is 1. The zero-order chi connectivity index (χ0) is 13.0. The fraction of sp³-hybridized carbons (Fsp3) is 0.100. The Bertz CT molecular complexity index is 602. The average Bonchev–Trinajstić information content (AvgIpc) is 2.88. The number of anilines is 1. The van der Waals surface area contributed by atoms with Crippen LogP contribution in [0.3, 0.4) is 0 Å². The molecule has 90 valence electrons. The number of aromatic nitrogens is 2. The number of rotatable bonds is 4. The SMILES string of the molecule is N#Cc1nc(NCc2ccon2)ccc1[N+](=O)[O-]. The Morgan fingerprint density at radius 3 is 2.94 bits per heavy atom. The summed E-state index contributed by atoms with van der Waals surface area (Å²) in [6.07, 6.45) is 1.43. The van der Waals surface area contributed by atoms with Crippen LogP contribution in [-0.4, -0.2) is 15.1 Å². The molecule has 0 saturated heterocycles. The second-order valence-corrected chi connectivity index (χ2v) is 3.28. The summed E-state index contributed by atoms with van der Waals surface area (Å²) in [5.41, 5.74) is 0.114. The van der Waals surface area contributed by atoms with Gasteiger partial charge in [-0.1, -0.05) is 5.16 Å². The van der Waals surface area contributed by atoms with E-state index >= 15 is 0 Å². The minimum Gasteiger partial charge on any atom is -0.364 e. The molecule has 2 aromatic heterocycles. The molecular weight excluding hydrogens is 238 g/mol. The molecule has 0 bridgehead atoms. The minimum absolute atomic E-state index is 0.231. The third-order valence-corrected chi connectivity index (χ3v) is 2.12. The topological polar surface area (TPSA) is 118 Å². The zero-order valence-electron chi connectivity index (χ0n) is 9.03. The highest BCUT2D eigenvalue weighted by atomic mass is 16.6. The van der Waals surface area contributed by atoms with Crippen LogP contribution < -0.4 is 5.32 Å². The first-order chi connectivity index (χ1) is 8.70. The minimum atomic E-state index is -0.646. The molecular formula is C10H7N5O3. The normalized spacial score (nSPS) is 9.72. The van der Waals surface area contributed by atoms with E-state index in [4.69, 9.17) is 5.26 Å². The maximum atomic E-state index is 10.6. The quantitative estimate of drug-likeness (QED) is 0.639. The van der Waals surface area contributed by atoms with Crippen LogP contribution >= 0.6 is 0 Å². The summed E-state index contributed by atoms with van der Waals surface area (Å²) in [5, 5.41) is 25.9. The van der Waals surface area contributed by atoms with Crippen LogP contribution in [0.2, 0.25) is 0 Å². The van der Waals surface area contributed by atoms with Crippen LogP contribution in [0.25, 0.3) is 0 Å². The lowest BCUT2D eigenvalue weighted by Gasteiger charge is -2.03. The van der Waals surface area contributed by atoms with Crippen molar-refractivity contribution in [3.63, 3.8) is 0 Å². The third-order valence-electron chi connectivity index (χ3n) is 2.12. The summed E-state index contributed by atoms with van der Waals surface area (Å²) in [4.78, 5) is 13.8. The number of nitrogens with zero attached hydrogens (tertiary/aromatic N) is 4. The summed E-state index contributed by atoms with van der Waals surface area (Å²) >= 11 is 0. The van der Waals surface area contributed by atoms with Crippen molar-refractivity contribution < 1.29 is 9.45 Å². The summed E-state index contributed by atoms with van der Waals surface area (Å²) < 4.78 is 4.65. The van der Waals surface area contributed by atoms with Gasteiger partial charge >= 0.3 is 5.69 Å². The van der Waals surface area contributed by atoms with Gasteiger partial charge in [-0.25, -0.2) is 4.98 Å². The van der Waals surface area contributed by atoms with E-state index in [-0.39, 0.29) is 11.4 Å². The smallest absolute Gasteiger partial charge is 0.305 e. The van der Waals surface area contributed by atoms with Gasteiger partial charge in [0.1, 0.15) is 23.8 Å². The summed E-state index contributed by atoms with van der Waals surface area (Å²) in [6, 6.07) is 6.02. The Labute approximate surface area is 101 Å². The van der Waals surface area contributed by atoms with E-state index in [9.17, 15) is 10.1 Å². The number of hydrogen-bond acceptors (Lipinski definition) is 7. The molecule has 0 spiro atoms. The van der Waals surface area contributed by atoms with E-state index in [2.05, 4.69) is 20.0 Å². The molecule has 0 aliphatic heterocycles. The van der Waals surface area contributed by atoms with Gasteiger partial charge in [0.05, 0.1) is 11.5 Å². The first kappa shape index (κ1) is 11.5. The third kappa shape index (κ3) is 2.41. The molecule has 0 unspecified atom stereocenters. The molecule has 18 heavy (non-hydrogen) atoms. The monoisotopic (exact) mass is 245 g/mol. The maximum absolute atomic E-state index is 10.6. The van der Waals surface area contributed by atoms with Crippen molar-refractivity contribution in [3.8, 4) is 6.07 Å². The molecule has 0 amide bonds. The standard InChI is InChI=1S/C10H7N5O3/c11-5-8-9(15(16)17)1-2-10(13-8)12-6-7-3-4-18-14-7/h1-4H,6H2,(H,12,13). The lowest BCUT2D eigenvalue weighted by Crippen LogP contribution is -2.03. The average molecular weight is 245 g/mol. The van der Waals surface area contributed by atoms with Crippen LogP contribution in [0.1, 0.15) is 11.4 Å². The van der Waals surface area contributed by atoms with Gasteiger partial charge < -0.3 is 9.84 Å². The Kier molecular flexibility index (Phi) is 3.15. The molecule has 0 atom stereocenters. The lowest BCUT2D eigenvalue weighted by molar-refractivity contribution is -0.385. The van der Waals surface area contributed by atoms with Crippen molar-refractivity contribution in [2.24, 2.45) is 0 Å². The molecule has 1 N–H and O–H groups in total.